The van der Waals surface area contributed by atoms with Crippen LogP contribution in [0.1, 0.15) is 44.5 Å². The average Bonchev–Trinajstić information content (AvgIpc) is 2.99. The van der Waals surface area contributed by atoms with Crippen LogP contribution in [0, 0.1) is 0 Å². The lowest BCUT2D eigenvalue weighted by Gasteiger charge is -2.29. The second kappa shape index (κ2) is 8.77. The summed E-state index contributed by atoms with van der Waals surface area (Å²) >= 11 is 0. The topological polar surface area (TPSA) is 85.7 Å². The molecule has 2 aromatic rings. The van der Waals surface area contributed by atoms with Crippen molar-refractivity contribution in [2.45, 2.75) is 52.7 Å². The van der Waals surface area contributed by atoms with E-state index in [1.165, 1.54) is 0 Å². The van der Waals surface area contributed by atoms with E-state index in [4.69, 9.17) is 9.47 Å². The first-order valence-corrected chi connectivity index (χ1v) is 10.2. The quantitative estimate of drug-likeness (QED) is 0.811. The summed E-state index contributed by atoms with van der Waals surface area (Å²) in [5, 5.41) is 7.39. The van der Waals surface area contributed by atoms with E-state index in [1.807, 2.05) is 52.0 Å². The van der Waals surface area contributed by atoms with E-state index in [2.05, 4.69) is 10.4 Å². The number of nitrogens with one attached hydrogen (secondary N) is 1. The summed E-state index contributed by atoms with van der Waals surface area (Å²) in [7, 11) is 1.78. The van der Waals surface area contributed by atoms with Crippen LogP contribution in [0.2, 0.25) is 0 Å². The highest BCUT2D eigenvalue weighted by molar-refractivity contribution is 5.92. The third-order valence-electron chi connectivity index (χ3n) is 4.82. The van der Waals surface area contributed by atoms with Crippen LogP contribution in [0.15, 0.2) is 24.3 Å². The Morgan fingerprint density at radius 3 is 2.67 bits per heavy atom. The van der Waals surface area contributed by atoms with E-state index in [1.54, 1.807) is 16.6 Å². The van der Waals surface area contributed by atoms with Crippen LogP contribution in [0.3, 0.4) is 0 Å². The van der Waals surface area contributed by atoms with Gasteiger partial charge in [-0.1, -0.05) is 25.1 Å². The molecule has 1 aromatic carbocycles. The lowest BCUT2D eigenvalue weighted by atomic mass is 10.1. The van der Waals surface area contributed by atoms with E-state index in [0.29, 0.717) is 31.1 Å². The minimum atomic E-state index is -0.560. The number of nitrogens with zero attached hydrogens (tertiary/aromatic N) is 3. The Labute approximate surface area is 177 Å². The molecular formula is C22H30N4O4. The Bertz CT molecular complexity index is 930. The summed E-state index contributed by atoms with van der Waals surface area (Å²) in [5.74, 6) is 1.01. The van der Waals surface area contributed by atoms with Crippen molar-refractivity contribution < 1.29 is 19.1 Å². The first-order chi connectivity index (χ1) is 14.2. The summed E-state index contributed by atoms with van der Waals surface area (Å²) in [5.41, 5.74) is 2.20. The SMILES string of the molecule is CCc1ccccc1OCC(=O)Nc1c2c(nn1C)CCN(C(=O)OC(C)(C)C)C2. The highest BCUT2D eigenvalue weighted by Crippen LogP contribution is 2.27. The van der Waals surface area contributed by atoms with Crippen LogP contribution in [-0.2, 0) is 36.0 Å². The summed E-state index contributed by atoms with van der Waals surface area (Å²) < 4.78 is 12.8. The second-order valence-electron chi connectivity index (χ2n) is 8.35. The molecule has 0 bridgehead atoms. The van der Waals surface area contributed by atoms with Gasteiger partial charge in [0.25, 0.3) is 5.91 Å². The number of rotatable bonds is 5. The molecule has 0 fully saturated rings. The molecule has 8 nitrogen and oxygen atoms in total. The van der Waals surface area contributed by atoms with Gasteiger partial charge in [0.15, 0.2) is 6.61 Å². The first-order valence-electron chi connectivity index (χ1n) is 10.2. The van der Waals surface area contributed by atoms with Gasteiger partial charge in [0.05, 0.1) is 12.2 Å². The van der Waals surface area contributed by atoms with Crippen molar-refractivity contribution in [2.75, 3.05) is 18.5 Å². The maximum Gasteiger partial charge on any atom is 0.410 e. The Hall–Kier alpha value is -3.03. The smallest absolute Gasteiger partial charge is 0.410 e. The molecule has 162 valence electrons. The van der Waals surface area contributed by atoms with Crippen LogP contribution >= 0.6 is 0 Å². The van der Waals surface area contributed by atoms with Crippen molar-refractivity contribution >= 4 is 17.8 Å². The van der Waals surface area contributed by atoms with Crippen LogP contribution in [0.25, 0.3) is 0 Å². The molecule has 0 atom stereocenters. The minimum Gasteiger partial charge on any atom is -0.483 e. The zero-order chi connectivity index (χ0) is 21.9. The van der Waals surface area contributed by atoms with Gasteiger partial charge in [-0.15, -0.1) is 0 Å². The van der Waals surface area contributed by atoms with Gasteiger partial charge in [-0.05, 0) is 38.8 Å². The van der Waals surface area contributed by atoms with Crippen molar-refractivity contribution in [3.05, 3.63) is 41.1 Å². The molecule has 30 heavy (non-hydrogen) atoms. The van der Waals surface area contributed by atoms with Gasteiger partial charge >= 0.3 is 6.09 Å². The molecule has 1 aliphatic heterocycles. The maximum absolute atomic E-state index is 12.5. The monoisotopic (exact) mass is 414 g/mol. The average molecular weight is 415 g/mol. The van der Waals surface area contributed by atoms with E-state index in [9.17, 15) is 9.59 Å². The molecule has 8 heteroatoms. The molecule has 0 spiro atoms. The van der Waals surface area contributed by atoms with E-state index < -0.39 is 5.60 Å². The van der Waals surface area contributed by atoms with Crippen LogP contribution in [0.5, 0.6) is 5.75 Å². The maximum atomic E-state index is 12.5. The number of carbonyl (C=O) groups excluding carboxylic acids is 2. The zero-order valence-electron chi connectivity index (χ0n) is 18.3. The van der Waals surface area contributed by atoms with Crippen molar-refractivity contribution in [2.24, 2.45) is 7.05 Å². The molecule has 0 unspecified atom stereocenters. The number of ether oxygens (including phenoxy) is 2. The number of hydrogen-bond acceptors (Lipinski definition) is 5. The minimum absolute atomic E-state index is 0.104. The predicted octanol–water partition coefficient (Wildman–Crippen LogP) is 3.29. The van der Waals surface area contributed by atoms with Crippen molar-refractivity contribution in [1.29, 1.82) is 0 Å². The van der Waals surface area contributed by atoms with Gasteiger partial charge in [-0.2, -0.15) is 5.10 Å². The van der Waals surface area contributed by atoms with Gasteiger partial charge in [0.1, 0.15) is 17.2 Å². The van der Waals surface area contributed by atoms with Crippen molar-refractivity contribution in [3.8, 4) is 5.75 Å². The van der Waals surface area contributed by atoms with Gasteiger partial charge in [0, 0.05) is 25.6 Å². The molecule has 1 N–H and O–H groups in total. The molecule has 0 saturated carbocycles. The van der Waals surface area contributed by atoms with Gasteiger partial charge in [-0.25, -0.2) is 4.79 Å². The fraction of sp³-hybridized carbons (Fsp3) is 0.500. The normalized spacial score (nSPS) is 13.6. The van der Waals surface area contributed by atoms with Crippen LogP contribution in [-0.4, -0.2) is 45.4 Å². The molecule has 0 saturated heterocycles. The Kier molecular flexibility index (Phi) is 6.34. The number of anilines is 1. The predicted molar refractivity (Wildman–Crippen MR) is 114 cm³/mol. The molecule has 0 aliphatic carbocycles. The summed E-state index contributed by atoms with van der Waals surface area (Å²) in [4.78, 5) is 26.6. The molecule has 2 heterocycles. The Morgan fingerprint density at radius 2 is 1.97 bits per heavy atom. The largest absolute Gasteiger partial charge is 0.483 e. The van der Waals surface area contributed by atoms with Crippen LogP contribution < -0.4 is 10.1 Å². The highest BCUT2D eigenvalue weighted by Gasteiger charge is 2.30. The van der Waals surface area contributed by atoms with E-state index in [-0.39, 0.29) is 18.6 Å². The highest BCUT2D eigenvalue weighted by atomic mass is 16.6. The number of carbonyl (C=O) groups is 2. The lowest BCUT2D eigenvalue weighted by molar-refractivity contribution is -0.118. The zero-order valence-corrected chi connectivity index (χ0v) is 18.3. The number of aryl methyl sites for hydroxylation is 2. The number of para-hydroxylation sites is 1. The van der Waals surface area contributed by atoms with E-state index >= 15 is 0 Å². The van der Waals surface area contributed by atoms with Gasteiger partial charge in [-0.3, -0.25) is 9.48 Å². The Balaban J connectivity index is 1.67. The molecule has 3 rings (SSSR count). The second-order valence-corrected chi connectivity index (χ2v) is 8.35. The fourth-order valence-electron chi connectivity index (χ4n) is 3.39. The Morgan fingerprint density at radius 1 is 1.23 bits per heavy atom. The van der Waals surface area contributed by atoms with E-state index in [0.717, 1.165) is 23.2 Å². The van der Waals surface area contributed by atoms with Crippen molar-refractivity contribution in [3.63, 3.8) is 0 Å². The lowest BCUT2D eigenvalue weighted by Crippen LogP contribution is -2.40. The number of aromatic nitrogens is 2. The fourth-order valence-corrected chi connectivity index (χ4v) is 3.39. The molecule has 1 aromatic heterocycles. The number of amides is 2. The number of benzene rings is 1. The molecule has 2 amide bonds. The summed E-state index contributed by atoms with van der Waals surface area (Å²) in [6.45, 7) is 8.33. The molecule has 0 radical (unpaired) electrons. The third kappa shape index (κ3) is 5.11. The third-order valence-corrected chi connectivity index (χ3v) is 4.82. The van der Waals surface area contributed by atoms with Crippen molar-refractivity contribution in [1.82, 2.24) is 14.7 Å². The van der Waals surface area contributed by atoms with Gasteiger partial charge < -0.3 is 19.7 Å². The summed E-state index contributed by atoms with van der Waals surface area (Å²) in [6, 6.07) is 7.67. The molecular weight excluding hydrogens is 384 g/mol. The molecule has 1 aliphatic rings. The summed E-state index contributed by atoms with van der Waals surface area (Å²) in [6.07, 6.45) is 1.07. The standard InChI is InChI=1S/C22H30N4O4/c1-6-15-9-7-8-10-18(15)29-14-19(27)23-20-16-13-26(21(28)30-22(2,3)4)12-11-17(16)24-25(20)5/h7-10H,6,11-14H2,1-5H3,(H,23,27). The number of fused-ring (bicyclic) bond motifs is 1. The first kappa shape index (κ1) is 21.7. The van der Waals surface area contributed by atoms with Gasteiger partial charge in [0.2, 0.25) is 0 Å². The number of hydrogen-bond donors (Lipinski definition) is 1. The van der Waals surface area contributed by atoms with Crippen LogP contribution in [0.4, 0.5) is 10.6 Å².